The van der Waals surface area contributed by atoms with Gasteiger partial charge in [0.1, 0.15) is 18.9 Å². The number of fused-ring (bicyclic) bond motifs is 1. The molecule has 0 saturated carbocycles. The molecule has 1 aliphatic rings. The first-order valence-electron chi connectivity index (χ1n) is 7.60. The van der Waals surface area contributed by atoms with Gasteiger partial charge in [0.25, 0.3) is 0 Å². The zero-order valence-electron chi connectivity index (χ0n) is 13.1. The van der Waals surface area contributed by atoms with Crippen LogP contribution in [0.15, 0.2) is 24.5 Å². The monoisotopic (exact) mass is 348 g/mol. The van der Waals surface area contributed by atoms with E-state index in [4.69, 9.17) is 11.6 Å². The highest BCUT2D eigenvalue weighted by molar-refractivity contribution is 6.31. The molecule has 0 saturated heterocycles. The van der Waals surface area contributed by atoms with E-state index in [1.54, 1.807) is 11.8 Å². The maximum atomic E-state index is 12.6. The molecule has 1 aromatic heterocycles. The molecule has 1 aliphatic heterocycles. The summed E-state index contributed by atoms with van der Waals surface area (Å²) in [6.45, 7) is 2.74. The highest BCUT2D eigenvalue weighted by atomic mass is 35.5. The highest BCUT2D eigenvalue weighted by Gasteiger charge is 2.26. The van der Waals surface area contributed by atoms with Crippen molar-refractivity contribution in [2.45, 2.75) is 32.5 Å². The summed E-state index contributed by atoms with van der Waals surface area (Å²) in [6, 6.07) is 5.10. The van der Waals surface area contributed by atoms with Crippen molar-refractivity contribution in [1.29, 1.82) is 0 Å². The average Bonchev–Trinajstić information content (AvgIpc) is 3.06. The van der Waals surface area contributed by atoms with Crippen molar-refractivity contribution in [2.75, 3.05) is 6.54 Å². The molecule has 24 heavy (non-hydrogen) atoms. The van der Waals surface area contributed by atoms with Crippen LogP contribution < -0.4 is 5.32 Å². The lowest BCUT2D eigenvalue weighted by atomic mass is 9.99. The van der Waals surface area contributed by atoms with E-state index >= 15 is 0 Å². The molecule has 0 fully saturated rings. The van der Waals surface area contributed by atoms with Crippen molar-refractivity contribution in [2.24, 2.45) is 0 Å². The van der Waals surface area contributed by atoms with Crippen LogP contribution in [0.5, 0.6) is 0 Å². The summed E-state index contributed by atoms with van der Waals surface area (Å²) in [5, 5.41) is 14.0. The van der Waals surface area contributed by atoms with Crippen LogP contribution in [0.2, 0.25) is 5.02 Å². The largest absolute Gasteiger partial charge is 0.343 e. The van der Waals surface area contributed by atoms with Crippen LogP contribution in [-0.2, 0) is 29.1 Å². The molecule has 0 bridgehead atoms. The van der Waals surface area contributed by atoms with Gasteiger partial charge in [-0.25, -0.2) is 4.68 Å². The molecule has 8 nitrogen and oxygen atoms in total. The van der Waals surface area contributed by atoms with Crippen LogP contribution in [0.25, 0.3) is 0 Å². The van der Waals surface area contributed by atoms with Crippen LogP contribution >= 0.6 is 11.6 Å². The van der Waals surface area contributed by atoms with Gasteiger partial charge in [-0.2, -0.15) is 0 Å². The van der Waals surface area contributed by atoms with Gasteiger partial charge in [0.2, 0.25) is 11.8 Å². The molecule has 2 amide bonds. The van der Waals surface area contributed by atoms with E-state index in [9.17, 15) is 9.59 Å². The van der Waals surface area contributed by atoms with E-state index in [1.807, 2.05) is 18.2 Å². The third kappa shape index (κ3) is 3.53. The second kappa shape index (κ2) is 6.96. The molecule has 0 unspecified atom stereocenters. The maximum absolute atomic E-state index is 12.6. The lowest BCUT2D eigenvalue weighted by Crippen LogP contribution is -2.49. The van der Waals surface area contributed by atoms with Gasteiger partial charge in [-0.15, -0.1) is 5.10 Å². The van der Waals surface area contributed by atoms with Crippen LogP contribution in [0.1, 0.15) is 18.1 Å². The van der Waals surface area contributed by atoms with E-state index in [-0.39, 0.29) is 18.4 Å². The van der Waals surface area contributed by atoms with Crippen molar-refractivity contribution in [1.82, 2.24) is 30.4 Å². The molecule has 0 spiro atoms. The first kappa shape index (κ1) is 16.4. The molecule has 2 heterocycles. The molecular weight excluding hydrogens is 332 g/mol. The van der Waals surface area contributed by atoms with E-state index in [1.165, 1.54) is 11.0 Å². The van der Waals surface area contributed by atoms with E-state index < -0.39 is 6.04 Å². The molecule has 1 N–H and O–H groups in total. The number of hydrogen-bond donors (Lipinski definition) is 1. The van der Waals surface area contributed by atoms with E-state index in [2.05, 4.69) is 20.8 Å². The number of carbonyl (C=O) groups excluding carboxylic acids is 2. The molecule has 1 aromatic carbocycles. The first-order chi connectivity index (χ1) is 11.5. The number of aromatic nitrogens is 4. The number of tetrazole rings is 1. The second-order valence-electron chi connectivity index (χ2n) is 5.68. The van der Waals surface area contributed by atoms with Gasteiger partial charge < -0.3 is 10.2 Å². The number of benzene rings is 1. The molecule has 126 valence electrons. The fraction of sp³-hybridized carbons (Fsp3) is 0.400. The standard InChI is InChI=1S/C15H17ClN6O2/c1-10(18-14(23)8-22-9-17-19-20-22)15(24)21-6-5-12-11(7-21)3-2-4-13(12)16/h2-4,9-10H,5-8H2,1H3,(H,18,23)/t10-/m1/s1. The summed E-state index contributed by atoms with van der Waals surface area (Å²) in [5.74, 6) is -0.436. The molecule has 2 aromatic rings. The topological polar surface area (TPSA) is 93.0 Å². The highest BCUT2D eigenvalue weighted by Crippen LogP contribution is 2.26. The van der Waals surface area contributed by atoms with Crippen LogP contribution in [-0.4, -0.2) is 49.5 Å². The molecule has 3 rings (SSSR count). The second-order valence-corrected chi connectivity index (χ2v) is 6.09. The Labute approximate surface area is 143 Å². The Kier molecular flexibility index (Phi) is 4.75. The van der Waals surface area contributed by atoms with Gasteiger partial charge in [0.15, 0.2) is 0 Å². The Hall–Kier alpha value is -2.48. The van der Waals surface area contributed by atoms with Crippen LogP contribution in [0, 0.1) is 0 Å². The van der Waals surface area contributed by atoms with Gasteiger partial charge in [-0.1, -0.05) is 23.7 Å². The summed E-state index contributed by atoms with van der Waals surface area (Å²) < 4.78 is 1.30. The number of rotatable bonds is 4. The molecule has 1 atom stereocenters. The summed E-state index contributed by atoms with van der Waals surface area (Å²) in [7, 11) is 0. The van der Waals surface area contributed by atoms with Gasteiger partial charge >= 0.3 is 0 Å². The Morgan fingerprint density at radius 2 is 2.25 bits per heavy atom. The molecular formula is C15H17ClN6O2. The Balaban J connectivity index is 1.59. The van der Waals surface area contributed by atoms with Crippen molar-refractivity contribution in [3.05, 3.63) is 40.7 Å². The Morgan fingerprint density at radius 1 is 1.42 bits per heavy atom. The van der Waals surface area contributed by atoms with Crippen LogP contribution in [0.4, 0.5) is 0 Å². The third-order valence-corrected chi connectivity index (χ3v) is 4.32. The van der Waals surface area contributed by atoms with Crippen molar-refractivity contribution in [3.8, 4) is 0 Å². The third-order valence-electron chi connectivity index (χ3n) is 3.97. The van der Waals surface area contributed by atoms with Crippen LogP contribution in [0.3, 0.4) is 0 Å². The first-order valence-corrected chi connectivity index (χ1v) is 7.97. The summed E-state index contributed by atoms with van der Waals surface area (Å²) in [4.78, 5) is 26.2. The number of hydrogen-bond acceptors (Lipinski definition) is 5. The lowest BCUT2D eigenvalue weighted by Gasteiger charge is -2.31. The van der Waals surface area contributed by atoms with Gasteiger partial charge in [0, 0.05) is 18.1 Å². The Bertz CT molecular complexity index is 748. The molecule has 0 radical (unpaired) electrons. The quantitative estimate of drug-likeness (QED) is 0.864. The van der Waals surface area contributed by atoms with Gasteiger partial charge in [0.05, 0.1) is 0 Å². The summed E-state index contributed by atoms with van der Waals surface area (Å²) in [6.07, 6.45) is 2.06. The number of amides is 2. The minimum absolute atomic E-state index is 0.0247. The fourth-order valence-corrected chi connectivity index (χ4v) is 3.06. The zero-order chi connectivity index (χ0) is 17.1. The van der Waals surface area contributed by atoms with Crippen molar-refractivity contribution < 1.29 is 9.59 Å². The number of nitrogens with one attached hydrogen (secondary N) is 1. The van der Waals surface area contributed by atoms with Crippen molar-refractivity contribution in [3.63, 3.8) is 0 Å². The number of carbonyl (C=O) groups is 2. The molecule has 0 aliphatic carbocycles. The maximum Gasteiger partial charge on any atom is 0.245 e. The number of halogens is 1. The van der Waals surface area contributed by atoms with Gasteiger partial charge in [-0.3, -0.25) is 9.59 Å². The SMILES string of the molecule is C[C@@H](NC(=O)Cn1cnnn1)C(=O)N1CCc2c(Cl)cccc2C1. The molecule has 9 heteroatoms. The summed E-state index contributed by atoms with van der Waals surface area (Å²) >= 11 is 6.19. The Morgan fingerprint density at radius 3 is 3.00 bits per heavy atom. The minimum atomic E-state index is -0.616. The number of nitrogens with zero attached hydrogens (tertiary/aromatic N) is 5. The smallest absolute Gasteiger partial charge is 0.245 e. The summed E-state index contributed by atoms with van der Waals surface area (Å²) in [5.41, 5.74) is 2.15. The van der Waals surface area contributed by atoms with E-state index in [0.29, 0.717) is 19.5 Å². The fourth-order valence-electron chi connectivity index (χ4n) is 2.77. The normalized spacial score (nSPS) is 14.8. The van der Waals surface area contributed by atoms with Gasteiger partial charge in [-0.05, 0) is 41.0 Å². The average molecular weight is 349 g/mol. The predicted molar refractivity (Wildman–Crippen MR) is 86.0 cm³/mol. The van der Waals surface area contributed by atoms with Crippen molar-refractivity contribution >= 4 is 23.4 Å². The predicted octanol–water partition coefficient (Wildman–Crippen LogP) is 0.416. The van der Waals surface area contributed by atoms with E-state index in [0.717, 1.165) is 16.1 Å². The lowest BCUT2D eigenvalue weighted by molar-refractivity contribution is -0.136. The minimum Gasteiger partial charge on any atom is -0.343 e. The zero-order valence-corrected chi connectivity index (χ0v) is 13.9.